The van der Waals surface area contributed by atoms with E-state index in [1.165, 1.54) is 11.8 Å². The normalized spacial score (nSPS) is 10.8. The maximum Gasteiger partial charge on any atom is 0.188 e. The standard InChI is InChI=1S/C17H21Cl2N5O.HI/c1-25-14-4-2-12(3-5-14)6-7-22-17(20)23-9-8-21-16-15(19)10-13(18)11-24-16;/h2-5,10-11H,6-9H2,1H3,(H,21,24)(H3,20,22,23);1H. The Labute approximate surface area is 180 Å². The van der Waals surface area contributed by atoms with Crippen molar-refractivity contribution in [2.75, 3.05) is 32.1 Å². The summed E-state index contributed by atoms with van der Waals surface area (Å²) in [6.45, 7) is 1.81. The van der Waals surface area contributed by atoms with Crippen LogP contribution < -0.4 is 21.1 Å². The number of anilines is 1. The second-order valence-electron chi connectivity index (χ2n) is 5.20. The van der Waals surface area contributed by atoms with E-state index in [9.17, 15) is 0 Å². The molecule has 0 amide bonds. The highest BCUT2D eigenvalue weighted by molar-refractivity contribution is 14.0. The average molecular weight is 510 g/mol. The number of nitrogens with zero attached hydrogens (tertiary/aromatic N) is 2. The Bertz CT molecular complexity index is 713. The van der Waals surface area contributed by atoms with Crippen LogP contribution in [0.4, 0.5) is 5.82 Å². The Morgan fingerprint density at radius 3 is 2.62 bits per heavy atom. The molecule has 1 aromatic heterocycles. The van der Waals surface area contributed by atoms with Crippen LogP contribution in [0.15, 0.2) is 41.5 Å². The van der Waals surface area contributed by atoms with Gasteiger partial charge in [0, 0.05) is 25.8 Å². The molecule has 0 fully saturated rings. The van der Waals surface area contributed by atoms with E-state index in [-0.39, 0.29) is 24.0 Å². The van der Waals surface area contributed by atoms with Crippen LogP contribution >= 0.6 is 47.2 Å². The van der Waals surface area contributed by atoms with E-state index in [4.69, 9.17) is 33.7 Å². The lowest BCUT2D eigenvalue weighted by atomic mass is 10.1. The van der Waals surface area contributed by atoms with Crippen LogP contribution in [0.5, 0.6) is 5.75 Å². The molecule has 2 aromatic rings. The molecule has 1 aromatic carbocycles. The molecule has 0 atom stereocenters. The SMILES string of the molecule is COc1ccc(CCN=C(N)NCCNc2ncc(Cl)cc2Cl)cc1.I. The van der Waals surface area contributed by atoms with Gasteiger partial charge in [-0.15, -0.1) is 24.0 Å². The fourth-order valence-corrected chi connectivity index (χ4v) is 2.52. The minimum absolute atomic E-state index is 0. The number of rotatable bonds is 8. The molecule has 0 bridgehead atoms. The predicted molar refractivity (Wildman–Crippen MR) is 119 cm³/mol. The van der Waals surface area contributed by atoms with Gasteiger partial charge >= 0.3 is 0 Å². The Morgan fingerprint density at radius 1 is 1.23 bits per heavy atom. The number of guanidine groups is 1. The van der Waals surface area contributed by atoms with Gasteiger partial charge in [0.25, 0.3) is 0 Å². The molecule has 9 heteroatoms. The van der Waals surface area contributed by atoms with Crippen molar-refractivity contribution < 1.29 is 4.74 Å². The molecule has 0 saturated carbocycles. The predicted octanol–water partition coefficient (Wildman–Crippen LogP) is 3.57. The van der Waals surface area contributed by atoms with Gasteiger partial charge in [-0.3, -0.25) is 4.99 Å². The Hall–Kier alpha value is -1.45. The number of ether oxygens (including phenoxy) is 1. The maximum atomic E-state index is 6.03. The first kappa shape index (κ1) is 22.6. The first-order valence-corrected chi connectivity index (χ1v) is 8.55. The number of hydrogen-bond donors (Lipinski definition) is 3. The summed E-state index contributed by atoms with van der Waals surface area (Å²) in [5.74, 6) is 1.84. The van der Waals surface area contributed by atoms with Gasteiger partial charge in [0.2, 0.25) is 0 Å². The second kappa shape index (κ2) is 12.0. The summed E-state index contributed by atoms with van der Waals surface area (Å²) >= 11 is 11.8. The molecule has 2 rings (SSSR count). The van der Waals surface area contributed by atoms with Crippen molar-refractivity contribution in [1.29, 1.82) is 0 Å². The number of pyridine rings is 1. The Balaban J connectivity index is 0.00000338. The molecule has 4 N–H and O–H groups in total. The molecule has 0 unspecified atom stereocenters. The van der Waals surface area contributed by atoms with Gasteiger partial charge in [0.15, 0.2) is 5.96 Å². The van der Waals surface area contributed by atoms with E-state index in [1.54, 1.807) is 13.2 Å². The number of aromatic nitrogens is 1. The van der Waals surface area contributed by atoms with Gasteiger partial charge in [-0.05, 0) is 30.2 Å². The van der Waals surface area contributed by atoms with E-state index in [0.29, 0.717) is 41.5 Å². The van der Waals surface area contributed by atoms with Crippen LogP contribution in [0, 0.1) is 0 Å². The summed E-state index contributed by atoms with van der Waals surface area (Å²) in [5.41, 5.74) is 7.03. The van der Waals surface area contributed by atoms with Gasteiger partial charge in [-0.25, -0.2) is 4.98 Å². The maximum absolute atomic E-state index is 6.03. The lowest BCUT2D eigenvalue weighted by Crippen LogP contribution is -2.35. The fourth-order valence-electron chi connectivity index (χ4n) is 2.07. The number of benzene rings is 1. The molecule has 26 heavy (non-hydrogen) atoms. The Morgan fingerprint density at radius 2 is 1.96 bits per heavy atom. The molecular formula is C17H22Cl2IN5O. The fraction of sp³-hybridized carbons (Fsp3) is 0.294. The molecular weight excluding hydrogens is 488 g/mol. The summed E-state index contributed by atoms with van der Waals surface area (Å²) in [5, 5.41) is 7.12. The first-order chi connectivity index (χ1) is 12.1. The molecule has 1 heterocycles. The summed E-state index contributed by atoms with van der Waals surface area (Å²) in [4.78, 5) is 8.42. The molecule has 0 aliphatic heterocycles. The minimum atomic E-state index is 0. The first-order valence-electron chi connectivity index (χ1n) is 7.80. The second-order valence-corrected chi connectivity index (χ2v) is 6.05. The zero-order valence-corrected chi connectivity index (χ0v) is 18.2. The van der Waals surface area contributed by atoms with Crippen molar-refractivity contribution in [3.63, 3.8) is 0 Å². The molecule has 0 aliphatic rings. The van der Waals surface area contributed by atoms with Crippen LogP contribution in [-0.4, -0.2) is 37.7 Å². The molecule has 0 saturated heterocycles. The van der Waals surface area contributed by atoms with Gasteiger partial charge < -0.3 is 21.1 Å². The van der Waals surface area contributed by atoms with E-state index in [1.807, 2.05) is 24.3 Å². The highest BCUT2D eigenvalue weighted by atomic mass is 127. The van der Waals surface area contributed by atoms with Gasteiger partial charge in [-0.2, -0.15) is 0 Å². The molecule has 0 spiro atoms. The van der Waals surface area contributed by atoms with Crippen LogP contribution in [0.3, 0.4) is 0 Å². The van der Waals surface area contributed by atoms with Crippen molar-refractivity contribution >= 4 is 59.0 Å². The molecule has 0 aliphatic carbocycles. The highest BCUT2D eigenvalue weighted by Gasteiger charge is 2.02. The number of aliphatic imine (C=N–C) groups is 1. The van der Waals surface area contributed by atoms with Crippen LogP contribution in [-0.2, 0) is 6.42 Å². The molecule has 0 radical (unpaired) electrons. The van der Waals surface area contributed by atoms with Crippen molar-refractivity contribution in [3.05, 3.63) is 52.1 Å². The third kappa shape index (κ3) is 7.84. The van der Waals surface area contributed by atoms with Crippen LogP contribution in [0.1, 0.15) is 5.56 Å². The van der Waals surface area contributed by atoms with E-state index in [2.05, 4.69) is 20.6 Å². The quantitative estimate of drug-likeness (QED) is 0.219. The molecule has 142 valence electrons. The minimum Gasteiger partial charge on any atom is -0.497 e. The lowest BCUT2D eigenvalue weighted by molar-refractivity contribution is 0.414. The van der Waals surface area contributed by atoms with Gasteiger partial charge in [0.1, 0.15) is 11.6 Å². The molecule has 6 nitrogen and oxygen atoms in total. The zero-order chi connectivity index (χ0) is 18.1. The van der Waals surface area contributed by atoms with Crippen molar-refractivity contribution in [2.24, 2.45) is 10.7 Å². The third-order valence-electron chi connectivity index (χ3n) is 3.37. The van der Waals surface area contributed by atoms with Crippen LogP contribution in [0.25, 0.3) is 0 Å². The largest absolute Gasteiger partial charge is 0.497 e. The van der Waals surface area contributed by atoms with Gasteiger partial charge in [-0.1, -0.05) is 35.3 Å². The summed E-state index contributed by atoms with van der Waals surface area (Å²) in [7, 11) is 1.65. The van der Waals surface area contributed by atoms with E-state index >= 15 is 0 Å². The monoisotopic (exact) mass is 509 g/mol. The highest BCUT2D eigenvalue weighted by Crippen LogP contribution is 2.21. The third-order valence-corrected chi connectivity index (χ3v) is 3.87. The van der Waals surface area contributed by atoms with E-state index < -0.39 is 0 Å². The average Bonchev–Trinajstić information content (AvgIpc) is 2.61. The van der Waals surface area contributed by atoms with Crippen LogP contribution in [0.2, 0.25) is 10.0 Å². The summed E-state index contributed by atoms with van der Waals surface area (Å²) < 4.78 is 5.13. The van der Waals surface area contributed by atoms with Crippen molar-refractivity contribution in [1.82, 2.24) is 10.3 Å². The Kier molecular flexibility index (Phi) is 10.5. The summed E-state index contributed by atoms with van der Waals surface area (Å²) in [6.07, 6.45) is 2.35. The van der Waals surface area contributed by atoms with Crippen molar-refractivity contribution in [2.45, 2.75) is 6.42 Å². The topological polar surface area (TPSA) is 84.6 Å². The summed E-state index contributed by atoms with van der Waals surface area (Å²) in [6, 6.07) is 9.54. The number of nitrogens with two attached hydrogens (primary N) is 1. The zero-order valence-electron chi connectivity index (χ0n) is 14.3. The number of hydrogen-bond acceptors (Lipinski definition) is 4. The number of halogens is 3. The van der Waals surface area contributed by atoms with Crippen molar-refractivity contribution in [3.8, 4) is 5.75 Å². The lowest BCUT2D eigenvalue weighted by Gasteiger charge is -2.09. The number of methoxy groups -OCH3 is 1. The van der Waals surface area contributed by atoms with E-state index in [0.717, 1.165) is 12.2 Å². The smallest absolute Gasteiger partial charge is 0.188 e. The van der Waals surface area contributed by atoms with Gasteiger partial charge in [0.05, 0.1) is 17.2 Å². The number of nitrogens with one attached hydrogen (secondary N) is 2.